The lowest BCUT2D eigenvalue weighted by Gasteiger charge is -2.30. The number of nitrogens with zero attached hydrogens (tertiary/aromatic N) is 1. The molecule has 1 aliphatic rings. The number of esters is 1. The first kappa shape index (κ1) is 22.0. The average molecular weight is 427 g/mol. The molecule has 1 amide bonds. The van der Waals surface area contributed by atoms with Gasteiger partial charge in [0, 0.05) is 25.6 Å². The van der Waals surface area contributed by atoms with Gasteiger partial charge in [0.1, 0.15) is 0 Å². The van der Waals surface area contributed by atoms with Gasteiger partial charge in [-0.3, -0.25) is 4.79 Å². The summed E-state index contributed by atoms with van der Waals surface area (Å²) in [5.74, 6) is -2.24. The number of hydrogen-bond acceptors (Lipinski definition) is 7. The monoisotopic (exact) mass is 427 g/mol. The van der Waals surface area contributed by atoms with Gasteiger partial charge in [0.05, 0.1) is 0 Å². The Morgan fingerprint density at radius 3 is 2.19 bits per heavy atom. The van der Waals surface area contributed by atoms with Crippen LogP contribution in [0.3, 0.4) is 0 Å². The molecule has 2 aromatic carbocycles. The fourth-order valence-corrected chi connectivity index (χ4v) is 3.40. The maximum absolute atomic E-state index is 13.0. The van der Waals surface area contributed by atoms with Crippen molar-refractivity contribution in [2.24, 2.45) is 0 Å². The number of amides is 1. The number of carbonyl (C=O) groups is 2. The predicted octanol–water partition coefficient (Wildman–Crippen LogP) is 2.69. The van der Waals surface area contributed by atoms with Crippen LogP contribution in [-0.2, 0) is 20.7 Å². The number of phenols is 4. The van der Waals surface area contributed by atoms with Crippen molar-refractivity contribution in [3.63, 3.8) is 0 Å². The van der Waals surface area contributed by atoms with Crippen molar-refractivity contribution >= 4 is 18.0 Å². The number of aromatic hydroxyl groups is 4. The fourth-order valence-electron chi connectivity index (χ4n) is 3.40. The van der Waals surface area contributed by atoms with E-state index in [0.717, 1.165) is 25.3 Å². The van der Waals surface area contributed by atoms with E-state index in [1.807, 2.05) is 0 Å². The van der Waals surface area contributed by atoms with E-state index in [1.165, 1.54) is 36.4 Å². The Bertz CT molecular complexity index is 980. The van der Waals surface area contributed by atoms with Gasteiger partial charge in [-0.25, -0.2) is 4.79 Å². The second kappa shape index (κ2) is 9.88. The van der Waals surface area contributed by atoms with Gasteiger partial charge in [0.25, 0.3) is 5.91 Å². The Balaban J connectivity index is 1.74. The third-order valence-electron chi connectivity index (χ3n) is 5.07. The SMILES string of the molecule is O=C(/C=C/c1ccc(O)c(O)c1)O[C@H](Cc1ccc(O)c(O)c1)C(=O)N1CCCCC1. The molecule has 2 aromatic rings. The van der Waals surface area contributed by atoms with Crippen LogP contribution in [0.25, 0.3) is 6.08 Å². The van der Waals surface area contributed by atoms with Gasteiger partial charge < -0.3 is 30.1 Å². The average Bonchev–Trinajstić information content (AvgIpc) is 2.76. The van der Waals surface area contributed by atoms with Gasteiger partial charge in [-0.2, -0.15) is 0 Å². The Kier molecular flexibility index (Phi) is 7.02. The van der Waals surface area contributed by atoms with Gasteiger partial charge in [0.15, 0.2) is 29.1 Å². The lowest BCUT2D eigenvalue weighted by Crippen LogP contribution is -2.44. The van der Waals surface area contributed by atoms with Crippen molar-refractivity contribution in [2.75, 3.05) is 13.1 Å². The quantitative estimate of drug-likeness (QED) is 0.317. The summed E-state index contributed by atoms with van der Waals surface area (Å²) in [6, 6.07) is 8.28. The largest absolute Gasteiger partial charge is 0.504 e. The molecule has 1 atom stereocenters. The molecule has 1 heterocycles. The highest BCUT2D eigenvalue weighted by molar-refractivity contribution is 5.90. The normalized spacial score (nSPS) is 15.0. The number of benzene rings is 2. The van der Waals surface area contributed by atoms with Crippen LogP contribution in [-0.4, -0.2) is 56.4 Å². The van der Waals surface area contributed by atoms with Gasteiger partial charge >= 0.3 is 5.97 Å². The standard InChI is InChI=1S/C23H25NO7/c25-17-7-4-15(12-19(17)27)6-9-22(29)31-21(23(30)24-10-2-1-3-11-24)14-16-5-8-18(26)20(28)13-16/h4-9,12-13,21,25-28H,1-3,10-11,14H2/b9-6+/t21-/m1/s1. The summed E-state index contributed by atoms with van der Waals surface area (Å²) in [4.78, 5) is 27.1. The fraction of sp³-hybridized carbons (Fsp3) is 0.304. The molecule has 4 N–H and O–H groups in total. The van der Waals surface area contributed by atoms with Crippen LogP contribution >= 0.6 is 0 Å². The van der Waals surface area contributed by atoms with E-state index in [1.54, 1.807) is 11.0 Å². The van der Waals surface area contributed by atoms with E-state index >= 15 is 0 Å². The van der Waals surface area contributed by atoms with E-state index < -0.39 is 12.1 Å². The molecule has 0 radical (unpaired) electrons. The molecule has 8 heteroatoms. The molecular formula is C23H25NO7. The number of likely N-dealkylation sites (tertiary alicyclic amines) is 1. The van der Waals surface area contributed by atoms with E-state index in [0.29, 0.717) is 24.2 Å². The van der Waals surface area contributed by atoms with Crippen molar-refractivity contribution in [2.45, 2.75) is 31.8 Å². The van der Waals surface area contributed by atoms with Crippen LogP contribution in [0.4, 0.5) is 0 Å². The summed E-state index contributed by atoms with van der Waals surface area (Å²) < 4.78 is 5.44. The maximum atomic E-state index is 13.0. The molecule has 0 aromatic heterocycles. The highest BCUT2D eigenvalue weighted by Gasteiger charge is 2.28. The number of piperidine rings is 1. The van der Waals surface area contributed by atoms with Gasteiger partial charge in [-0.15, -0.1) is 0 Å². The second-order valence-electron chi connectivity index (χ2n) is 7.42. The van der Waals surface area contributed by atoms with Crippen molar-refractivity contribution in [3.8, 4) is 23.0 Å². The van der Waals surface area contributed by atoms with Crippen molar-refractivity contribution in [1.29, 1.82) is 0 Å². The van der Waals surface area contributed by atoms with E-state index in [4.69, 9.17) is 4.74 Å². The molecule has 3 rings (SSSR count). The smallest absolute Gasteiger partial charge is 0.331 e. The van der Waals surface area contributed by atoms with Crippen molar-refractivity contribution < 1.29 is 34.8 Å². The minimum Gasteiger partial charge on any atom is -0.504 e. The lowest BCUT2D eigenvalue weighted by molar-refractivity contribution is -0.157. The lowest BCUT2D eigenvalue weighted by atomic mass is 10.0. The second-order valence-corrected chi connectivity index (χ2v) is 7.42. The number of carbonyl (C=O) groups excluding carboxylic acids is 2. The van der Waals surface area contributed by atoms with Crippen LogP contribution in [0.15, 0.2) is 42.5 Å². The Hall–Kier alpha value is -3.68. The first-order valence-electron chi connectivity index (χ1n) is 10.0. The summed E-state index contributed by atoms with van der Waals surface area (Å²) in [6.07, 6.45) is 4.30. The topological polar surface area (TPSA) is 128 Å². The molecule has 1 aliphatic heterocycles. The molecule has 0 spiro atoms. The molecule has 8 nitrogen and oxygen atoms in total. The maximum Gasteiger partial charge on any atom is 0.331 e. The first-order chi connectivity index (χ1) is 14.8. The van der Waals surface area contributed by atoms with Gasteiger partial charge in [-0.1, -0.05) is 12.1 Å². The summed E-state index contributed by atoms with van der Waals surface area (Å²) in [5, 5.41) is 38.1. The number of rotatable bonds is 6. The Morgan fingerprint density at radius 1 is 0.903 bits per heavy atom. The van der Waals surface area contributed by atoms with E-state index in [2.05, 4.69) is 0 Å². The summed E-state index contributed by atoms with van der Waals surface area (Å²) in [7, 11) is 0. The molecule has 0 unspecified atom stereocenters. The number of hydrogen-bond donors (Lipinski definition) is 4. The van der Waals surface area contributed by atoms with Crippen LogP contribution < -0.4 is 0 Å². The number of ether oxygens (including phenoxy) is 1. The summed E-state index contributed by atoms with van der Waals surface area (Å²) >= 11 is 0. The van der Waals surface area contributed by atoms with Crippen molar-refractivity contribution in [1.82, 2.24) is 4.90 Å². The summed E-state index contributed by atoms with van der Waals surface area (Å²) in [5.41, 5.74) is 1.00. The van der Waals surface area contributed by atoms with Crippen LogP contribution in [0.1, 0.15) is 30.4 Å². The minimum absolute atomic E-state index is 0.0444. The molecule has 0 saturated carbocycles. The van der Waals surface area contributed by atoms with Crippen LogP contribution in [0.5, 0.6) is 23.0 Å². The molecule has 0 aliphatic carbocycles. The Morgan fingerprint density at radius 2 is 1.55 bits per heavy atom. The number of phenolic OH excluding ortho intramolecular Hbond substituents is 4. The predicted molar refractivity (Wildman–Crippen MR) is 113 cm³/mol. The highest BCUT2D eigenvalue weighted by Crippen LogP contribution is 2.27. The van der Waals surface area contributed by atoms with Crippen molar-refractivity contribution in [3.05, 3.63) is 53.6 Å². The van der Waals surface area contributed by atoms with Gasteiger partial charge in [-0.05, 0) is 60.7 Å². The van der Waals surface area contributed by atoms with E-state index in [-0.39, 0.29) is 35.3 Å². The van der Waals surface area contributed by atoms with Crippen LogP contribution in [0, 0.1) is 0 Å². The molecule has 31 heavy (non-hydrogen) atoms. The third kappa shape index (κ3) is 5.91. The molecule has 1 saturated heterocycles. The van der Waals surface area contributed by atoms with Gasteiger partial charge in [0.2, 0.25) is 0 Å². The zero-order valence-electron chi connectivity index (χ0n) is 16.9. The summed E-state index contributed by atoms with van der Waals surface area (Å²) in [6.45, 7) is 1.19. The third-order valence-corrected chi connectivity index (χ3v) is 5.07. The molecular weight excluding hydrogens is 402 g/mol. The minimum atomic E-state index is -1.09. The molecule has 164 valence electrons. The molecule has 0 bridgehead atoms. The van der Waals surface area contributed by atoms with E-state index in [9.17, 15) is 30.0 Å². The Labute approximate surface area is 179 Å². The first-order valence-corrected chi connectivity index (χ1v) is 10.0. The molecule has 1 fully saturated rings. The van der Waals surface area contributed by atoms with Crippen LogP contribution in [0.2, 0.25) is 0 Å². The zero-order valence-corrected chi connectivity index (χ0v) is 16.9. The zero-order chi connectivity index (χ0) is 22.4. The highest BCUT2D eigenvalue weighted by atomic mass is 16.5.